The number of aromatic nitrogens is 1. The minimum Gasteiger partial charge on any atom is -0.479 e. The molecule has 0 bridgehead atoms. The Bertz CT molecular complexity index is 320. The second kappa shape index (κ2) is 4.59. The molecular weight excluding hydrogens is 194 g/mol. The van der Waals surface area contributed by atoms with Crippen molar-refractivity contribution >= 4 is 5.69 Å². The average Bonchev–Trinajstić information content (AvgIpc) is 2.17. The normalized spacial score (nSPS) is 9.93. The third-order valence-corrected chi connectivity index (χ3v) is 1.45. The number of ether oxygens (including phenoxy) is 2. The number of hydrogen-bond donors (Lipinski definition) is 1. The van der Waals surface area contributed by atoms with Gasteiger partial charge in [0.15, 0.2) is 5.82 Å². The average molecular weight is 204 g/mol. The second-order valence-electron chi connectivity index (χ2n) is 2.41. The number of nitrogens with zero attached hydrogens (tertiary/aromatic N) is 1. The fourth-order valence-corrected chi connectivity index (χ4v) is 0.870. The van der Waals surface area contributed by atoms with Gasteiger partial charge in [0.25, 0.3) is 5.88 Å². The molecule has 0 aliphatic carbocycles. The van der Waals surface area contributed by atoms with Gasteiger partial charge in [-0.3, -0.25) is 0 Å². The summed E-state index contributed by atoms with van der Waals surface area (Å²) >= 11 is 0. The number of halogens is 2. The summed E-state index contributed by atoms with van der Waals surface area (Å²) in [7, 11) is 1.34. The van der Waals surface area contributed by atoms with Crippen molar-refractivity contribution in [2.45, 2.75) is 0 Å². The Labute approximate surface area is 79.6 Å². The summed E-state index contributed by atoms with van der Waals surface area (Å²) in [5.74, 6) is -0.995. The first-order valence-corrected chi connectivity index (χ1v) is 3.87. The molecule has 4 nitrogen and oxygen atoms in total. The van der Waals surface area contributed by atoms with Crippen molar-refractivity contribution in [3.63, 3.8) is 0 Å². The number of pyridine rings is 1. The molecule has 0 atom stereocenters. The zero-order chi connectivity index (χ0) is 10.6. The fourth-order valence-electron chi connectivity index (χ4n) is 0.870. The van der Waals surface area contributed by atoms with Crippen LogP contribution in [0.5, 0.6) is 11.8 Å². The zero-order valence-electron chi connectivity index (χ0n) is 7.59. The predicted molar refractivity (Wildman–Crippen MR) is 46.6 cm³/mol. The van der Waals surface area contributed by atoms with Crippen molar-refractivity contribution in [3.05, 3.63) is 11.9 Å². The highest BCUT2D eigenvalue weighted by Crippen LogP contribution is 2.25. The smallest absolute Gasteiger partial charge is 0.253 e. The third kappa shape index (κ3) is 2.21. The van der Waals surface area contributed by atoms with E-state index in [4.69, 9.17) is 10.5 Å². The molecule has 0 aliphatic rings. The van der Waals surface area contributed by atoms with E-state index in [9.17, 15) is 8.78 Å². The Morgan fingerprint density at radius 1 is 1.50 bits per heavy atom. The Morgan fingerprint density at radius 3 is 2.79 bits per heavy atom. The summed E-state index contributed by atoms with van der Waals surface area (Å²) < 4.78 is 34.2. The first-order valence-electron chi connectivity index (χ1n) is 3.87. The van der Waals surface area contributed by atoms with Crippen molar-refractivity contribution in [2.75, 3.05) is 26.1 Å². The standard InChI is InChI=1S/C8H10F2N2O2/c1-13-8-6(11)4-5(10)7(12-8)14-3-2-9/h4H,2-3,11H2,1H3. The maximum Gasteiger partial charge on any atom is 0.253 e. The summed E-state index contributed by atoms with van der Waals surface area (Å²) in [4.78, 5) is 3.62. The minimum absolute atomic E-state index is 0.0558. The molecule has 1 rings (SSSR count). The Morgan fingerprint density at radius 2 is 2.21 bits per heavy atom. The summed E-state index contributed by atoms with van der Waals surface area (Å²) in [6, 6.07) is 1.01. The van der Waals surface area contributed by atoms with E-state index < -0.39 is 12.5 Å². The van der Waals surface area contributed by atoms with Gasteiger partial charge in [-0.1, -0.05) is 0 Å². The van der Waals surface area contributed by atoms with E-state index in [1.54, 1.807) is 0 Å². The lowest BCUT2D eigenvalue weighted by Crippen LogP contribution is -2.05. The van der Waals surface area contributed by atoms with Gasteiger partial charge in [-0.25, -0.2) is 8.78 Å². The van der Waals surface area contributed by atoms with Crippen LogP contribution in [0.15, 0.2) is 6.07 Å². The van der Waals surface area contributed by atoms with Crippen molar-refractivity contribution in [3.8, 4) is 11.8 Å². The molecule has 0 radical (unpaired) electrons. The number of nitrogen functional groups attached to an aromatic ring is 1. The molecule has 2 N–H and O–H groups in total. The highest BCUT2D eigenvalue weighted by atomic mass is 19.1. The maximum absolute atomic E-state index is 13.0. The molecular formula is C8H10F2N2O2. The summed E-state index contributed by atoms with van der Waals surface area (Å²) in [6.45, 7) is -0.967. The third-order valence-electron chi connectivity index (χ3n) is 1.45. The minimum atomic E-state index is -0.739. The number of rotatable bonds is 4. The lowest BCUT2D eigenvalue weighted by molar-refractivity contribution is 0.249. The molecule has 0 amide bonds. The van der Waals surface area contributed by atoms with Crippen LogP contribution in [0.4, 0.5) is 14.5 Å². The van der Waals surface area contributed by atoms with E-state index >= 15 is 0 Å². The van der Waals surface area contributed by atoms with Gasteiger partial charge in [0.05, 0.1) is 12.8 Å². The molecule has 6 heteroatoms. The molecule has 0 aliphatic heterocycles. The Kier molecular flexibility index (Phi) is 3.44. The largest absolute Gasteiger partial charge is 0.479 e. The van der Waals surface area contributed by atoms with E-state index in [-0.39, 0.29) is 24.1 Å². The van der Waals surface area contributed by atoms with Crippen LogP contribution in [0.3, 0.4) is 0 Å². The lowest BCUT2D eigenvalue weighted by Gasteiger charge is -2.07. The quantitative estimate of drug-likeness (QED) is 0.799. The van der Waals surface area contributed by atoms with Crippen LogP contribution in [0, 0.1) is 5.82 Å². The Hall–Kier alpha value is -1.59. The van der Waals surface area contributed by atoms with E-state index in [0.29, 0.717) is 0 Å². The summed E-state index contributed by atoms with van der Waals surface area (Å²) in [5.41, 5.74) is 5.44. The maximum atomic E-state index is 13.0. The van der Waals surface area contributed by atoms with Gasteiger partial charge in [-0.2, -0.15) is 4.98 Å². The van der Waals surface area contributed by atoms with Gasteiger partial charge in [0.1, 0.15) is 13.3 Å². The van der Waals surface area contributed by atoms with Crippen LogP contribution >= 0.6 is 0 Å². The van der Waals surface area contributed by atoms with Crippen LogP contribution in [-0.2, 0) is 0 Å². The number of hydrogen-bond acceptors (Lipinski definition) is 4. The van der Waals surface area contributed by atoms with Crippen molar-refractivity contribution in [1.29, 1.82) is 0 Å². The SMILES string of the molecule is COc1nc(OCCF)c(F)cc1N. The van der Waals surface area contributed by atoms with Crippen LogP contribution in [-0.4, -0.2) is 25.4 Å². The van der Waals surface area contributed by atoms with Crippen LogP contribution in [0.25, 0.3) is 0 Å². The molecule has 1 heterocycles. The second-order valence-corrected chi connectivity index (χ2v) is 2.41. The van der Waals surface area contributed by atoms with Gasteiger partial charge in [-0.15, -0.1) is 0 Å². The van der Waals surface area contributed by atoms with Gasteiger partial charge in [0, 0.05) is 6.07 Å². The highest BCUT2D eigenvalue weighted by Gasteiger charge is 2.11. The van der Waals surface area contributed by atoms with Crippen LogP contribution in [0.2, 0.25) is 0 Å². The van der Waals surface area contributed by atoms with Crippen LogP contribution < -0.4 is 15.2 Å². The molecule has 0 aromatic carbocycles. The monoisotopic (exact) mass is 204 g/mol. The highest BCUT2D eigenvalue weighted by molar-refractivity contribution is 5.49. The number of nitrogens with two attached hydrogens (primary N) is 1. The lowest BCUT2D eigenvalue weighted by atomic mass is 10.4. The van der Waals surface area contributed by atoms with Crippen LogP contribution in [0.1, 0.15) is 0 Å². The number of methoxy groups -OCH3 is 1. The Balaban J connectivity index is 2.92. The van der Waals surface area contributed by atoms with Gasteiger partial charge < -0.3 is 15.2 Å². The predicted octanol–water partition coefficient (Wildman–Crippen LogP) is 1.16. The zero-order valence-corrected chi connectivity index (χ0v) is 7.59. The van der Waals surface area contributed by atoms with Gasteiger partial charge >= 0.3 is 0 Å². The van der Waals surface area contributed by atoms with Crippen molar-refractivity contribution in [2.24, 2.45) is 0 Å². The molecule has 0 unspecified atom stereocenters. The number of anilines is 1. The van der Waals surface area contributed by atoms with E-state index in [0.717, 1.165) is 6.07 Å². The molecule has 0 saturated heterocycles. The van der Waals surface area contributed by atoms with E-state index in [1.807, 2.05) is 0 Å². The topological polar surface area (TPSA) is 57.4 Å². The van der Waals surface area contributed by atoms with Gasteiger partial charge in [-0.05, 0) is 0 Å². The summed E-state index contributed by atoms with van der Waals surface area (Å²) in [5, 5.41) is 0. The van der Waals surface area contributed by atoms with Crippen molar-refractivity contribution in [1.82, 2.24) is 4.98 Å². The molecule has 0 spiro atoms. The van der Waals surface area contributed by atoms with Gasteiger partial charge in [0.2, 0.25) is 5.88 Å². The number of alkyl halides is 1. The van der Waals surface area contributed by atoms with E-state index in [1.165, 1.54) is 7.11 Å². The fraction of sp³-hybridized carbons (Fsp3) is 0.375. The molecule has 14 heavy (non-hydrogen) atoms. The van der Waals surface area contributed by atoms with Crippen molar-refractivity contribution < 1.29 is 18.3 Å². The molecule has 0 saturated carbocycles. The van der Waals surface area contributed by atoms with E-state index in [2.05, 4.69) is 9.72 Å². The summed E-state index contributed by atoms with van der Waals surface area (Å²) in [6.07, 6.45) is 0. The molecule has 1 aromatic rings. The molecule has 1 aromatic heterocycles. The molecule has 0 fully saturated rings. The molecule has 78 valence electrons. The first kappa shape index (κ1) is 10.5. The first-order chi connectivity index (χ1) is 6.69.